The smallest absolute Gasteiger partial charge is 0.132 e. The van der Waals surface area contributed by atoms with E-state index in [9.17, 15) is 4.39 Å². The van der Waals surface area contributed by atoms with Crippen molar-refractivity contribution in [1.29, 1.82) is 0 Å². The first-order chi connectivity index (χ1) is 7.20. The highest BCUT2D eigenvalue weighted by Crippen LogP contribution is 2.27. The van der Waals surface area contributed by atoms with Gasteiger partial charge in [0.15, 0.2) is 0 Å². The Kier molecular flexibility index (Phi) is 3.00. The van der Waals surface area contributed by atoms with Gasteiger partial charge in [-0.15, -0.1) is 11.3 Å². The molecule has 0 aliphatic rings. The maximum absolute atomic E-state index is 13.4. The van der Waals surface area contributed by atoms with E-state index in [1.807, 2.05) is 0 Å². The van der Waals surface area contributed by atoms with E-state index < -0.39 is 0 Å². The quantitative estimate of drug-likeness (QED) is 0.879. The van der Waals surface area contributed by atoms with Gasteiger partial charge >= 0.3 is 0 Å². The van der Waals surface area contributed by atoms with Gasteiger partial charge in [-0.1, -0.05) is 11.6 Å². The Morgan fingerprint density at radius 3 is 2.93 bits per heavy atom. The average molecular weight is 243 g/mol. The summed E-state index contributed by atoms with van der Waals surface area (Å²) >= 11 is 7.20. The molecule has 0 spiro atoms. The zero-order valence-corrected chi connectivity index (χ0v) is 9.28. The zero-order valence-electron chi connectivity index (χ0n) is 7.71. The molecule has 0 saturated heterocycles. The molecule has 2 N–H and O–H groups in total. The number of hydrogen-bond donors (Lipinski definition) is 1. The number of thiazole rings is 1. The number of benzene rings is 1. The lowest BCUT2D eigenvalue weighted by Gasteiger charge is -1.99. The van der Waals surface area contributed by atoms with Crippen LogP contribution in [0.4, 0.5) is 4.39 Å². The molecule has 0 bridgehead atoms. The predicted octanol–water partition coefficient (Wildman–Crippen LogP) is 3.06. The zero-order chi connectivity index (χ0) is 10.8. The van der Waals surface area contributed by atoms with Crippen molar-refractivity contribution in [1.82, 2.24) is 4.98 Å². The van der Waals surface area contributed by atoms with Crippen LogP contribution in [-0.2, 0) is 6.54 Å². The van der Waals surface area contributed by atoms with E-state index in [4.69, 9.17) is 17.3 Å². The Labute approximate surface area is 95.5 Å². The SMILES string of the molecule is NCc1nc(-c2cc(Cl)ccc2F)cs1. The summed E-state index contributed by atoms with van der Waals surface area (Å²) in [5, 5.41) is 3.05. The fourth-order valence-electron chi connectivity index (χ4n) is 1.22. The molecule has 0 saturated carbocycles. The molecule has 0 aliphatic heterocycles. The molecular weight excluding hydrogens is 235 g/mol. The molecule has 0 radical (unpaired) electrons. The van der Waals surface area contributed by atoms with Gasteiger partial charge in [0.05, 0.1) is 5.69 Å². The fourth-order valence-corrected chi connectivity index (χ4v) is 2.07. The van der Waals surface area contributed by atoms with Crippen molar-refractivity contribution in [2.75, 3.05) is 0 Å². The lowest BCUT2D eigenvalue weighted by molar-refractivity contribution is 0.631. The van der Waals surface area contributed by atoms with Gasteiger partial charge in [-0.2, -0.15) is 0 Å². The molecule has 5 heteroatoms. The Morgan fingerprint density at radius 1 is 1.47 bits per heavy atom. The minimum absolute atomic E-state index is 0.326. The van der Waals surface area contributed by atoms with Gasteiger partial charge in [-0.3, -0.25) is 0 Å². The highest BCUT2D eigenvalue weighted by Gasteiger charge is 2.09. The molecular formula is C10H8ClFN2S. The maximum Gasteiger partial charge on any atom is 0.132 e. The summed E-state index contributed by atoms with van der Waals surface area (Å²) in [4.78, 5) is 4.20. The molecule has 78 valence electrons. The standard InChI is InChI=1S/C10H8ClFN2S/c11-6-1-2-8(12)7(3-6)9-5-15-10(4-13)14-9/h1-3,5H,4,13H2. The molecule has 0 atom stereocenters. The molecule has 1 aromatic carbocycles. The van der Waals surface area contributed by atoms with Crippen molar-refractivity contribution in [3.63, 3.8) is 0 Å². The first-order valence-corrected chi connectivity index (χ1v) is 5.56. The highest BCUT2D eigenvalue weighted by atomic mass is 35.5. The van der Waals surface area contributed by atoms with Crippen LogP contribution in [0.5, 0.6) is 0 Å². The monoisotopic (exact) mass is 242 g/mol. The predicted molar refractivity (Wildman–Crippen MR) is 60.4 cm³/mol. The third kappa shape index (κ3) is 2.17. The van der Waals surface area contributed by atoms with E-state index in [1.165, 1.54) is 23.5 Å². The van der Waals surface area contributed by atoms with Gasteiger partial charge < -0.3 is 5.73 Å². The van der Waals surface area contributed by atoms with Crippen LogP contribution in [0.25, 0.3) is 11.3 Å². The Hall–Kier alpha value is -0.970. The summed E-state index contributed by atoms with van der Waals surface area (Å²) in [6.07, 6.45) is 0. The summed E-state index contributed by atoms with van der Waals surface area (Å²) in [6.45, 7) is 0.368. The molecule has 2 rings (SSSR count). The summed E-state index contributed by atoms with van der Waals surface area (Å²) in [5.74, 6) is -0.326. The number of rotatable bonds is 2. The van der Waals surface area contributed by atoms with E-state index in [1.54, 1.807) is 11.4 Å². The van der Waals surface area contributed by atoms with Crippen molar-refractivity contribution in [3.05, 3.63) is 39.4 Å². The van der Waals surface area contributed by atoms with Crippen molar-refractivity contribution in [3.8, 4) is 11.3 Å². The Balaban J connectivity index is 2.48. The summed E-state index contributed by atoms with van der Waals surface area (Å²) in [5.41, 5.74) is 6.44. The van der Waals surface area contributed by atoms with E-state index in [2.05, 4.69) is 4.98 Å². The van der Waals surface area contributed by atoms with E-state index in [0.717, 1.165) is 5.01 Å². The first kappa shape index (κ1) is 10.5. The topological polar surface area (TPSA) is 38.9 Å². The first-order valence-electron chi connectivity index (χ1n) is 4.30. The van der Waals surface area contributed by atoms with Crippen molar-refractivity contribution in [2.24, 2.45) is 5.73 Å². The lowest BCUT2D eigenvalue weighted by Crippen LogP contribution is -1.95. The minimum Gasteiger partial charge on any atom is -0.325 e. The lowest BCUT2D eigenvalue weighted by atomic mass is 10.1. The second kappa shape index (κ2) is 4.26. The Morgan fingerprint density at radius 2 is 2.27 bits per heavy atom. The maximum atomic E-state index is 13.4. The van der Waals surface area contributed by atoms with Crippen LogP contribution in [0.1, 0.15) is 5.01 Å². The molecule has 0 unspecified atom stereocenters. The van der Waals surface area contributed by atoms with Gasteiger partial charge in [0.25, 0.3) is 0 Å². The van der Waals surface area contributed by atoms with Crippen LogP contribution in [0, 0.1) is 5.82 Å². The molecule has 0 fully saturated rings. The van der Waals surface area contributed by atoms with Crippen LogP contribution < -0.4 is 5.73 Å². The minimum atomic E-state index is -0.326. The van der Waals surface area contributed by atoms with Gasteiger partial charge in [-0.05, 0) is 18.2 Å². The van der Waals surface area contributed by atoms with Gasteiger partial charge in [-0.25, -0.2) is 9.37 Å². The number of nitrogens with two attached hydrogens (primary N) is 1. The number of hydrogen-bond acceptors (Lipinski definition) is 3. The van der Waals surface area contributed by atoms with Crippen LogP contribution >= 0.6 is 22.9 Å². The van der Waals surface area contributed by atoms with Crippen LogP contribution in [0.3, 0.4) is 0 Å². The second-order valence-corrected chi connectivity index (χ2v) is 4.33. The number of nitrogens with zero attached hydrogens (tertiary/aromatic N) is 1. The molecule has 0 aliphatic carbocycles. The Bertz CT molecular complexity index is 484. The summed E-state index contributed by atoms with van der Waals surface area (Å²) in [7, 11) is 0. The van der Waals surface area contributed by atoms with E-state index in [-0.39, 0.29) is 5.82 Å². The van der Waals surface area contributed by atoms with E-state index >= 15 is 0 Å². The highest BCUT2D eigenvalue weighted by molar-refractivity contribution is 7.09. The van der Waals surface area contributed by atoms with Gasteiger partial charge in [0.2, 0.25) is 0 Å². The normalized spacial score (nSPS) is 10.6. The third-order valence-electron chi connectivity index (χ3n) is 1.93. The molecule has 0 amide bonds. The largest absolute Gasteiger partial charge is 0.325 e. The second-order valence-electron chi connectivity index (χ2n) is 2.95. The van der Waals surface area contributed by atoms with Gasteiger partial charge in [0, 0.05) is 22.5 Å². The van der Waals surface area contributed by atoms with Crippen molar-refractivity contribution in [2.45, 2.75) is 6.54 Å². The molecule has 1 aromatic heterocycles. The van der Waals surface area contributed by atoms with Crippen LogP contribution in [-0.4, -0.2) is 4.98 Å². The number of aromatic nitrogens is 1. The number of halogens is 2. The van der Waals surface area contributed by atoms with Crippen LogP contribution in [0.15, 0.2) is 23.6 Å². The van der Waals surface area contributed by atoms with Gasteiger partial charge in [0.1, 0.15) is 10.8 Å². The summed E-state index contributed by atoms with van der Waals surface area (Å²) < 4.78 is 13.4. The van der Waals surface area contributed by atoms with E-state index in [0.29, 0.717) is 22.8 Å². The fraction of sp³-hybridized carbons (Fsp3) is 0.100. The van der Waals surface area contributed by atoms with Crippen LogP contribution in [0.2, 0.25) is 5.02 Å². The molecule has 2 aromatic rings. The molecule has 1 heterocycles. The summed E-state index contributed by atoms with van der Waals surface area (Å²) in [6, 6.07) is 4.40. The third-order valence-corrected chi connectivity index (χ3v) is 3.04. The average Bonchev–Trinajstić information content (AvgIpc) is 2.70. The van der Waals surface area contributed by atoms with Crippen molar-refractivity contribution >= 4 is 22.9 Å². The molecule has 2 nitrogen and oxygen atoms in total. The van der Waals surface area contributed by atoms with Crippen molar-refractivity contribution < 1.29 is 4.39 Å². The molecule has 15 heavy (non-hydrogen) atoms.